The SMILES string of the molecule is COc1cnc(NCCOc2ccc(N)cc2)nc1. The van der Waals surface area contributed by atoms with Crippen molar-refractivity contribution in [1.29, 1.82) is 0 Å². The fourth-order valence-corrected chi connectivity index (χ4v) is 1.41. The smallest absolute Gasteiger partial charge is 0.222 e. The van der Waals surface area contributed by atoms with E-state index in [2.05, 4.69) is 15.3 Å². The third-order valence-corrected chi connectivity index (χ3v) is 2.40. The molecule has 0 fully saturated rings. The molecule has 0 aliphatic rings. The fraction of sp³-hybridized carbons (Fsp3) is 0.231. The zero-order chi connectivity index (χ0) is 13.5. The molecule has 2 rings (SSSR count). The molecule has 0 saturated carbocycles. The van der Waals surface area contributed by atoms with Crippen LogP contribution in [0.1, 0.15) is 0 Å². The molecule has 0 unspecified atom stereocenters. The van der Waals surface area contributed by atoms with Crippen LogP contribution in [-0.2, 0) is 0 Å². The Labute approximate surface area is 111 Å². The minimum absolute atomic E-state index is 0.513. The van der Waals surface area contributed by atoms with Gasteiger partial charge in [0, 0.05) is 5.69 Å². The molecule has 0 spiro atoms. The number of rotatable bonds is 6. The number of nitrogens with zero attached hydrogens (tertiary/aromatic N) is 2. The summed E-state index contributed by atoms with van der Waals surface area (Å²) in [4.78, 5) is 8.17. The van der Waals surface area contributed by atoms with Gasteiger partial charge in [-0.3, -0.25) is 0 Å². The van der Waals surface area contributed by atoms with Crippen molar-refractivity contribution in [2.24, 2.45) is 0 Å². The van der Waals surface area contributed by atoms with Crippen LogP contribution < -0.4 is 20.5 Å². The molecule has 0 bridgehead atoms. The molecule has 2 aromatic rings. The Morgan fingerprint density at radius 3 is 2.42 bits per heavy atom. The molecule has 1 heterocycles. The molecule has 100 valence electrons. The summed E-state index contributed by atoms with van der Waals surface area (Å²) in [5.74, 6) is 1.96. The number of hydrogen-bond acceptors (Lipinski definition) is 6. The Balaban J connectivity index is 1.72. The lowest BCUT2D eigenvalue weighted by molar-refractivity contribution is 0.332. The molecular formula is C13H16N4O2. The summed E-state index contributed by atoms with van der Waals surface area (Å²) in [5, 5.41) is 3.05. The van der Waals surface area contributed by atoms with E-state index in [-0.39, 0.29) is 0 Å². The van der Waals surface area contributed by atoms with E-state index in [1.165, 1.54) is 0 Å². The van der Waals surface area contributed by atoms with Crippen molar-refractivity contribution in [3.05, 3.63) is 36.7 Å². The summed E-state index contributed by atoms with van der Waals surface area (Å²) in [5.41, 5.74) is 6.31. The van der Waals surface area contributed by atoms with Crippen LogP contribution in [0.4, 0.5) is 11.6 Å². The zero-order valence-corrected chi connectivity index (χ0v) is 10.7. The Hall–Kier alpha value is -2.50. The fourth-order valence-electron chi connectivity index (χ4n) is 1.41. The lowest BCUT2D eigenvalue weighted by Gasteiger charge is -2.07. The van der Waals surface area contributed by atoms with Crippen molar-refractivity contribution in [2.45, 2.75) is 0 Å². The highest BCUT2D eigenvalue weighted by Gasteiger charge is 1.97. The number of ether oxygens (including phenoxy) is 2. The van der Waals surface area contributed by atoms with E-state index in [0.29, 0.717) is 24.8 Å². The van der Waals surface area contributed by atoms with Crippen LogP contribution >= 0.6 is 0 Å². The van der Waals surface area contributed by atoms with Crippen LogP contribution in [0.2, 0.25) is 0 Å². The largest absolute Gasteiger partial charge is 0.494 e. The molecule has 0 amide bonds. The van der Waals surface area contributed by atoms with E-state index in [1.807, 2.05) is 12.1 Å². The lowest BCUT2D eigenvalue weighted by atomic mass is 10.3. The molecule has 1 aromatic carbocycles. The van der Waals surface area contributed by atoms with Crippen LogP contribution in [0.3, 0.4) is 0 Å². The van der Waals surface area contributed by atoms with E-state index in [9.17, 15) is 0 Å². The molecule has 0 aliphatic heterocycles. The van der Waals surface area contributed by atoms with Crippen molar-refractivity contribution in [1.82, 2.24) is 9.97 Å². The normalized spacial score (nSPS) is 9.95. The minimum Gasteiger partial charge on any atom is -0.494 e. The quantitative estimate of drug-likeness (QED) is 0.606. The summed E-state index contributed by atoms with van der Waals surface area (Å²) in [7, 11) is 1.58. The first kappa shape index (κ1) is 12.9. The molecule has 0 radical (unpaired) electrons. The van der Waals surface area contributed by atoms with Crippen molar-refractivity contribution in [3.63, 3.8) is 0 Å². The van der Waals surface area contributed by atoms with Gasteiger partial charge in [0.05, 0.1) is 26.0 Å². The highest BCUT2D eigenvalue weighted by molar-refractivity contribution is 5.41. The number of benzene rings is 1. The van der Waals surface area contributed by atoms with Gasteiger partial charge in [0.15, 0.2) is 5.75 Å². The number of nitrogen functional groups attached to an aromatic ring is 1. The minimum atomic E-state index is 0.513. The lowest BCUT2D eigenvalue weighted by Crippen LogP contribution is -2.13. The molecule has 6 nitrogen and oxygen atoms in total. The highest BCUT2D eigenvalue weighted by Crippen LogP contribution is 2.12. The maximum absolute atomic E-state index is 5.59. The molecule has 0 atom stereocenters. The van der Waals surface area contributed by atoms with Gasteiger partial charge in [0.2, 0.25) is 5.95 Å². The first-order valence-electron chi connectivity index (χ1n) is 5.86. The maximum atomic E-state index is 5.59. The molecule has 0 saturated heterocycles. The Morgan fingerprint density at radius 1 is 1.11 bits per heavy atom. The van der Waals surface area contributed by atoms with Gasteiger partial charge in [0.25, 0.3) is 0 Å². The number of aromatic nitrogens is 2. The standard InChI is InChI=1S/C13H16N4O2/c1-18-12-8-16-13(17-9-12)15-6-7-19-11-4-2-10(14)3-5-11/h2-5,8-9H,6-7,14H2,1H3,(H,15,16,17). The maximum Gasteiger partial charge on any atom is 0.222 e. The van der Waals surface area contributed by atoms with Gasteiger partial charge >= 0.3 is 0 Å². The van der Waals surface area contributed by atoms with Crippen LogP contribution in [-0.4, -0.2) is 30.2 Å². The first-order chi connectivity index (χ1) is 9.28. The van der Waals surface area contributed by atoms with Crippen molar-refractivity contribution >= 4 is 11.6 Å². The van der Waals surface area contributed by atoms with Gasteiger partial charge < -0.3 is 20.5 Å². The van der Waals surface area contributed by atoms with Crippen LogP contribution in [0.25, 0.3) is 0 Å². The number of hydrogen-bond donors (Lipinski definition) is 2. The molecule has 1 aromatic heterocycles. The van der Waals surface area contributed by atoms with E-state index >= 15 is 0 Å². The molecule has 6 heteroatoms. The van der Waals surface area contributed by atoms with Gasteiger partial charge in [0.1, 0.15) is 12.4 Å². The number of nitrogens with one attached hydrogen (secondary N) is 1. The summed E-state index contributed by atoms with van der Waals surface area (Å²) in [6, 6.07) is 7.27. The summed E-state index contributed by atoms with van der Waals surface area (Å²) in [6.45, 7) is 1.12. The van der Waals surface area contributed by atoms with Crippen molar-refractivity contribution in [2.75, 3.05) is 31.3 Å². The van der Waals surface area contributed by atoms with Crippen molar-refractivity contribution in [3.8, 4) is 11.5 Å². The van der Waals surface area contributed by atoms with Crippen LogP contribution in [0.15, 0.2) is 36.7 Å². The number of nitrogens with two attached hydrogens (primary N) is 1. The van der Waals surface area contributed by atoms with Gasteiger partial charge in [-0.05, 0) is 24.3 Å². The zero-order valence-electron chi connectivity index (χ0n) is 10.7. The van der Waals surface area contributed by atoms with Gasteiger partial charge in [-0.25, -0.2) is 9.97 Å². The molecule has 0 aliphatic carbocycles. The second kappa shape index (κ2) is 6.44. The van der Waals surface area contributed by atoms with Gasteiger partial charge in [-0.1, -0.05) is 0 Å². The highest BCUT2D eigenvalue weighted by atomic mass is 16.5. The van der Waals surface area contributed by atoms with Crippen LogP contribution in [0, 0.1) is 0 Å². The van der Waals surface area contributed by atoms with E-state index in [4.69, 9.17) is 15.2 Å². The molecule has 3 N–H and O–H groups in total. The van der Waals surface area contributed by atoms with E-state index in [1.54, 1.807) is 31.6 Å². The Bertz CT molecular complexity index is 499. The average molecular weight is 260 g/mol. The molecule has 19 heavy (non-hydrogen) atoms. The predicted molar refractivity (Wildman–Crippen MR) is 73.4 cm³/mol. The Morgan fingerprint density at radius 2 is 1.79 bits per heavy atom. The second-order valence-electron chi connectivity index (χ2n) is 3.79. The third-order valence-electron chi connectivity index (χ3n) is 2.40. The van der Waals surface area contributed by atoms with E-state index < -0.39 is 0 Å². The average Bonchev–Trinajstić information content (AvgIpc) is 2.46. The number of anilines is 2. The Kier molecular flexibility index (Phi) is 4.39. The summed E-state index contributed by atoms with van der Waals surface area (Å²) >= 11 is 0. The predicted octanol–water partition coefficient (Wildman–Crippen LogP) is 1.56. The second-order valence-corrected chi connectivity index (χ2v) is 3.79. The summed E-state index contributed by atoms with van der Waals surface area (Å²) in [6.07, 6.45) is 3.21. The topological polar surface area (TPSA) is 82.3 Å². The van der Waals surface area contributed by atoms with Crippen LogP contribution in [0.5, 0.6) is 11.5 Å². The summed E-state index contributed by atoms with van der Waals surface area (Å²) < 4.78 is 10.5. The third kappa shape index (κ3) is 4.02. The van der Waals surface area contributed by atoms with E-state index in [0.717, 1.165) is 11.4 Å². The van der Waals surface area contributed by atoms with Gasteiger partial charge in [-0.15, -0.1) is 0 Å². The van der Waals surface area contributed by atoms with Crippen molar-refractivity contribution < 1.29 is 9.47 Å². The number of methoxy groups -OCH3 is 1. The van der Waals surface area contributed by atoms with Gasteiger partial charge in [-0.2, -0.15) is 0 Å². The first-order valence-corrected chi connectivity index (χ1v) is 5.86. The molecular weight excluding hydrogens is 244 g/mol. The monoisotopic (exact) mass is 260 g/mol.